The molecule has 20 heavy (non-hydrogen) atoms. The number of anilines is 1. The maximum atomic E-state index is 6.22. The van der Waals surface area contributed by atoms with Crippen LogP contribution in [-0.2, 0) is 0 Å². The Kier molecular flexibility index (Phi) is 3.12. The average Bonchev–Trinajstić information content (AvgIpc) is 2.87. The number of aryl methyl sites for hydroxylation is 1. The molecule has 2 N–H and O–H groups in total. The van der Waals surface area contributed by atoms with Crippen LogP contribution in [0.1, 0.15) is 5.56 Å². The van der Waals surface area contributed by atoms with Crippen molar-refractivity contribution in [1.29, 1.82) is 0 Å². The van der Waals surface area contributed by atoms with Gasteiger partial charge in [-0.15, -0.1) is 5.10 Å². The molecular weight excluding hydrogens is 274 g/mol. The molecule has 1 heterocycles. The monoisotopic (exact) mass is 285 g/mol. The van der Waals surface area contributed by atoms with E-state index in [1.165, 1.54) is 0 Å². The molecular formula is C14H12ClN5. The summed E-state index contributed by atoms with van der Waals surface area (Å²) in [7, 11) is 0. The van der Waals surface area contributed by atoms with Gasteiger partial charge >= 0.3 is 0 Å². The van der Waals surface area contributed by atoms with Gasteiger partial charge in [-0.05, 0) is 53.2 Å². The summed E-state index contributed by atoms with van der Waals surface area (Å²) in [5.74, 6) is 0.584. The summed E-state index contributed by atoms with van der Waals surface area (Å²) in [6, 6.07) is 13.2. The molecule has 6 heteroatoms. The molecule has 0 atom stereocenters. The van der Waals surface area contributed by atoms with E-state index in [1.807, 2.05) is 37.3 Å². The number of benzene rings is 2. The van der Waals surface area contributed by atoms with Gasteiger partial charge in [-0.3, -0.25) is 0 Å². The largest absolute Gasteiger partial charge is 0.399 e. The molecule has 0 radical (unpaired) electrons. The van der Waals surface area contributed by atoms with E-state index in [2.05, 4.69) is 15.5 Å². The minimum Gasteiger partial charge on any atom is -0.399 e. The Hall–Kier alpha value is -2.40. The number of halogens is 1. The first-order chi connectivity index (χ1) is 9.65. The van der Waals surface area contributed by atoms with Gasteiger partial charge in [-0.25, -0.2) is 0 Å². The third-order valence-corrected chi connectivity index (χ3v) is 3.26. The number of aromatic nitrogens is 4. The Morgan fingerprint density at radius 3 is 2.75 bits per heavy atom. The molecule has 2 aromatic carbocycles. The van der Waals surface area contributed by atoms with Gasteiger partial charge in [0.2, 0.25) is 0 Å². The van der Waals surface area contributed by atoms with Gasteiger partial charge in [-0.2, -0.15) is 4.68 Å². The Balaban J connectivity index is 2.15. The van der Waals surface area contributed by atoms with Crippen LogP contribution in [0.4, 0.5) is 5.69 Å². The maximum Gasteiger partial charge on any atom is 0.188 e. The number of hydrogen-bond acceptors (Lipinski definition) is 4. The Bertz CT molecular complexity index is 766. The fourth-order valence-electron chi connectivity index (χ4n) is 2.00. The predicted molar refractivity (Wildman–Crippen MR) is 78.7 cm³/mol. The number of nitrogens with zero attached hydrogens (tertiary/aromatic N) is 4. The summed E-state index contributed by atoms with van der Waals surface area (Å²) in [4.78, 5) is 0. The van der Waals surface area contributed by atoms with Crippen molar-refractivity contribution in [2.24, 2.45) is 0 Å². The Labute approximate surface area is 121 Å². The van der Waals surface area contributed by atoms with Crippen molar-refractivity contribution in [2.75, 3.05) is 5.73 Å². The van der Waals surface area contributed by atoms with Crippen LogP contribution in [0.15, 0.2) is 42.5 Å². The minimum absolute atomic E-state index is 0.522. The molecule has 0 aliphatic heterocycles. The molecule has 0 aliphatic rings. The Morgan fingerprint density at radius 1 is 1.15 bits per heavy atom. The fourth-order valence-corrected chi connectivity index (χ4v) is 2.27. The molecule has 0 fully saturated rings. The maximum absolute atomic E-state index is 6.22. The van der Waals surface area contributed by atoms with Gasteiger partial charge in [0, 0.05) is 11.3 Å². The smallest absolute Gasteiger partial charge is 0.188 e. The van der Waals surface area contributed by atoms with Crippen LogP contribution < -0.4 is 5.73 Å². The number of tetrazole rings is 1. The lowest BCUT2D eigenvalue weighted by Crippen LogP contribution is -2.00. The third kappa shape index (κ3) is 2.23. The van der Waals surface area contributed by atoms with Crippen LogP contribution in [0.25, 0.3) is 17.1 Å². The van der Waals surface area contributed by atoms with Crippen LogP contribution in [0.2, 0.25) is 5.02 Å². The fraction of sp³-hybridized carbons (Fsp3) is 0.0714. The second kappa shape index (κ2) is 4.94. The molecule has 100 valence electrons. The van der Waals surface area contributed by atoms with Crippen LogP contribution in [0.3, 0.4) is 0 Å². The first-order valence-electron chi connectivity index (χ1n) is 6.06. The van der Waals surface area contributed by atoms with Gasteiger partial charge in [0.15, 0.2) is 5.82 Å². The number of nitrogens with two attached hydrogens (primary N) is 1. The van der Waals surface area contributed by atoms with Crippen molar-refractivity contribution < 1.29 is 0 Å². The van der Waals surface area contributed by atoms with E-state index in [-0.39, 0.29) is 0 Å². The lowest BCUT2D eigenvalue weighted by atomic mass is 10.2. The van der Waals surface area contributed by atoms with Crippen LogP contribution in [0, 0.1) is 6.92 Å². The summed E-state index contributed by atoms with van der Waals surface area (Å²) in [5.41, 5.74) is 9.07. The number of hydrogen-bond donors (Lipinski definition) is 1. The average molecular weight is 286 g/mol. The highest BCUT2D eigenvalue weighted by atomic mass is 35.5. The van der Waals surface area contributed by atoms with Crippen molar-refractivity contribution in [2.45, 2.75) is 6.92 Å². The van der Waals surface area contributed by atoms with Gasteiger partial charge in [0.05, 0.1) is 10.7 Å². The molecule has 3 rings (SSSR count). The van der Waals surface area contributed by atoms with E-state index in [0.29, 0.717) is 16.5 Å². The first kappa shape index (κ1) is 12.6. The van der Waals surface area contributed by atoms with Crippen LogP contribution in [0.5, 0.6) is 0 Å². The number of nitrogen functional groups attached to an aromatic ring is 1. The minimum atomic E-state index is 0.522. The van der Waals surface area contributed by atoms with E-state index in [4.69, 9.17) is 17.3 Å². The van der Waals surface area contributed by atoms with E-state index in [0.717, 1.165) is 16.8 Å². The number of rotatable bonds is 2. The van der Waals surface area contributed by atoms with Crippen molar-refractivity contribution in [3.05, 3.63) is 53.1 Å². The lowest BCUT2D eigenvalue weighted by Gasteiger charge is -2.07. The molecule has 0 amide bonds. The lowest BCUT2D eigenvalue weighted by molar-refractivity contribution is 0.790. The van der Waals surface area contributed by atoms with Gasteiger partial charge in [0.1, 0.15) is 0 Å². The summed E-state index contributed by atoms with van der Waals surface area (Å²) in [5, 5.41) is 12.4. The molecule has 0 aliphatic carbocycles. The van der Waals surface area contributed by atoms with Crippen molar-refractivity contribution in [3.63, 3.8) is 0 Å². The summed E-state index contributed by atoms with van der Waals surface area (Å²) < 4.78 is 1.66. The van der Waals surface area contributed by atoms with Crippen molar-refractivity contribution >= 4 is 17.3 Å². The van der Waals surface area contributed by atoms with Crippen molar-refractivity contribution in [1.82, 2.24) is 20.2 Å². The summed E-state index contributed by atoms with van der Waals surface area (Å²) >= 11 is 6.22. The highest BCUT2D eigenvalue weighted by Crippen LogP contribution is 2.29. The highest BCUT2D eigenvalue weighted by molar-refractivity contribution is 6.33. The normalized spacial score (nSPS) is 10.7. The zero-order valence-electron chi connectivity index (χ0n) is 10.8. The van der Waals surface area contributed by atoms with Gasteiger partial charge in [0.25, 0.3) is 0 Å². The molecule has 5 nitrogen and oxygen atoms in total. The van der Waals surface area contributed by atoms with Gasteiger partial charge < -0.3 is 5.73 Å². The third-order valence-electron chi connectivity index (χ3n) is 2.95. The van der Waals surface area contributed by atoms with Crippen molar-refractivity contribution in [3.8, 4) is 17.1 Å². The molecule has 0 saturated carbocycles. The van der Waals surface area contributed by atoms with Gasteiger partial charge in [-0.1, -0.05) is 23.7 Å². The molecule has 0 unspecified atom stereocenters. The van der Waals surface area contributed by atoms with E-state index >= 15 is 0 Å². The zero-order valence-corrected chi connectivity index (χ0v) is 11.5. The molecule has 0 spiro atoms. The summed E-state index contributed by atoms with van der Waals surface area (Å²) in [6.07, 6.45) is 0. The topological polar surface area (TPSA) is 69.6 Å². The second-order valence-electron chi connectivity index (χ2n) is 4.49. The predicted octanol–water partition coefficient (Wildman–Crippen LogP) is 2.87. The Morgan fingerprint density at radius 2 is 2.00 bits per heavy atom. The van der Waals surface area contributed by atoms with E-state index in [9.17, 15) is 0 Å². The molecule has 0 saturated heterocycles. The highest BCUT2D eigenvalue weighted by Gasteiger charge is 2.14. The van der Waals surface area contributed by atoms with E-state index in [1.54, 1.807) is 16.8 Å². The van der Waals surface area contributed by atoms with E-state index < -0.39 is 0 Å². The molecule has 1 aromatic heterocycles. The molecule has 3 aromatic rings. The zero-order chi connectivity index (χ0) is 14.1. The van der Waals surface area contributed by atoms with Crippen LogP contribution >= 0.6 is 11.6 Å². The standard InChI is InChI=1S/C14H12ClN5/c1-9-3-2-4-11(7-9)20-14(17-18-19-20)12-6-5-10(16)8-13(12)15/h2-8H,16H2,1H3. The summed E-state index contributed by atoms with van der Waals surface area (Å²) in [6.45, 7) is 2.02. The van der Waals surface area contributed by atoms with Crippen LogP contribution in [-0.4, -0.2) is 20.2 Å². The quantitative estimate of drug-likeness (QED) is 0.735. The second-order valence-corrected chi connectivity index (χ2v) is 4.90. The SMILES string of the molecule is Cc1cccc(-n2nnnc2-c2ccc(N)cc2Cl)c1. The molecule has 0 bridgehead atoms. The first-order valence-corrected chi connectivity index (χ1v) is 6.44.